The molecule has 146 valence electrons. The molecule has 27 heavy (non-hydrogen) atoms. The van der Waals surface area contributed by atoms with E-state index >= 15 is 0 Å². The Balaban J connectivity index is 1.97. The van der Waals surface area contributed by atoms with E-state index in [2.05, 4.69) is 15.5 Å². The smallest absolute Gasteiger partial charge is 0.370 e. The number of nitrogens with zero attached hydrogens (tertiary/aromatic N) is 3. The molecule has 0 saturated heterocycles. The first kappa shape index (κ1) is 20.7. The number of alkyl halides is 3. The number of thioether (sulfide) groups is 1. The van der Waals surface area contributed by atoms with Gasteiger partial charge in [0.15, 0.2) is 5.16 Å². The van der Waals surface area contributed by atoms with Crippen molar-refractivity contribution in [3.63, 3.8) is 0 Å². The number of anilines is 1. The number of hydrogen-bond acceptors (Lipinski definition) is 5. The Kier molecular flexibility index (Phi) is 6.47. The van der Waals surface area contributed by atoms with Crippen LogP contribution >= 0.6 is 11.8 Å². The van der Waals surface area contributed by atoms with Gasteiger partial charge in [0.25, 0.3) is 0 Å². The topological polar surface area (TPSA) is 103 Å². The second kappa shape index (κ2) is 8.42. The van der Waals surface area contributed by atoms with E-state index in [1.807, 2.05) is 0 Å². The molecule has 0 aliphatic heterocycles. The molecule has 0 radical (unpaired) electrons. The lowest BCUT2D eigenvalue weighted by Gasteiger charge is -2.12. The van der Waals surface area contributed by atoms with Crippen LogP contribution in [-0.4, -0.2) is 31.8 Å². The number of rotatable bonds is 7. The second-order valence-corrected chi connectivity index (χ2v) is 7.06. The molecule has 1 aromatic carbocycles. The standard InChI is InChI=1S/C16H18F3N5O2S/c1-9(27-15-23-22-13(24(15)2)8-7-12(20)25)14(26)21-11-5-3-10(4-6-11)16(17,18)19/h3-6,9H,7-8H2,1-2H3,(H2,20,25)(H,21,26)/t9-/m0/s1. The number of primary amides is 1. The summed E-state index contributed by atoms with van der Waals surface area (Å²) in [5.74, 6) is -0.274. The van der Waals surface area contributed by atoms with Gasteiger partial charge in [-0.15, -0.1) is 10.2 Å². The Labute approximate surface area is 157 Å². The fraction of sp³-hybridized carbons (Fsp3) is 0.375. The minimum atomic E-state index is -4.43. The largest absolute Gasteiger partial charge is 0.416 e. The predicted molar refractivity (Wildman–Crippen MR) is 93.9 cm³/mol. The number of carbonyl (C=O) groups excluding carboxylic acids is 2. The quantitative estimate of drug-likeness (QED) is 0.694. The van der Waals surface area contributed by atoms with Gasteiger partial charge >= 0.3 is 6.18 Å². The molecule has 0 bridgehead atoms. The van der Waals surface area contributed by atoms with E-state index in [9.17, 15) is 22.8 Å². The van der Waals surface area contributed by atoms with Crippen molar-refractivity contribution in [3.05, 3.63) is 35.7 Å². The molecule has 0 aliphatic carbocycles. The normalized spacial score (nSPS) is 12.6. The highest BCUT2D eigenvalue weighted by atomic mass is 32.2. The highest BCUT2D eigenvalue weighted by molar-refractivity contribution is 8.00. The van der Waals surface area contributed by atoms with Crippen LogP contribution in [0.15, 0.2) is 29.4 Å². The maximum Gasteiger partial charge on any atom is 0.416 e. The zero-order valence-electron chi connectivity index (χ0n) is 14.6. The SMILES string of the molecule is C[C@H](Sc1nnc(CCC(N)=O)n1C)C(=O)Nc1ccc(C(F)(F)F)cc1. The molecular weight excluding hydrogens is 383 g/mol. The number of benzene rings is 1. The van der Waals surface area contributed by atoms with Crippen LogP contribution in [0, 0.1) is 0 Å². The number of halogens is 3. The van der Waals surface area contributed by atoms with Gasteiger partial charge in [0.2, 0.25) is 11.8 Å². The van der Waals surface area contributed by atoms with Gasteiger partial charge in [-0.05, 0) is 31.2 Å². The van der Waals surface area contributed by atoms with Crippen LogP contribution < -0.4 is 11.1 Å². The molecule has 0 spiro atoms. The first-order valence-corrected chi connectivity index (χ1v) is 8.77. The lowest BCUT2D eigenvalue weighted by molar-refractivity contribution is -0.137. The van der Waals surface area contributed by atoms with E-state index < -0.39 is 22.9 Å². The molecule has 3 N–H and O–H groups in total. The summed E-state index contributed by atoms with van der Waals surface area (Å²) in [6.45, 7) is 1.64. The van der Waals surface area contributed by atoms with Crippen molar-refractivity contribution in [2.45, 2.75) is 36.3 Å². The van der Waals surface area contributed by atoms with Crippen molar-refractivity contribution in [2.24, 2.45) is 12.8 Å². The number of aryl methyl sites for hydroxylation is 1. The molecule has 1 heterocycles. The summed E-state index contributed by atoms with van der Waals surface area (Å²) in [4.78, 5) is 23.1. The summed E-state index contributed by atoms with van der Waals surface area (Å²) in [5.41, 5.74) is 4.58. The molecule has 0 fully saturated rings. The number of nitrogens with one attached hydrogen (secondary N) is 1. The number of hydrogen-bond donors (Lipinski definition) is 2. The molecule has 0 unspecified atom stereocenters. The van der Waals surface area contributed by atoms with Gasteiger partial charge in [-0.2, -0.15) is 13.2 Å². The van der Waals surface area contributed by atoms with E-state index in [4.69, 9.17) is 5.73 Å². The molecule has 7 nitrogen and oxygen atoms in total. The highest BCUT2D eigenvalue weighted by Crippen LogP contribution is 2.30. The summed E-state index contributed by atoms with van der Waals surface area (Å²) < 4.78 is 39.3. The summed E-state index contributed by atoms with van der Waals surface area (Å²) in [6.07, 6.45) is -3.95. The van der Waals surface area contributed by atoms with E-state index in [0.29, 0.717) is 17.4 Å². The molecule has 0 saturated carbocycles. The van der Waals surface area contributed by atoms with Crippen LogP contribution in [0.2, 0.25) is 0 Å². The number of amides is 2. The van der Waals surface area contributed by atoms with E-state index in [0.717, 1.165) is 23.9 Å². The number of nitrogens with two attached hydrogens (primary N) is 1. The van der Waals surface area contributed by atoms with Crippen molar-refractivity contribution in [2.75, 3.05) is 5.32 Å². The van der Waals surface area contributed by atoms with Gasteiger partial charge < -0.3 is 15.6 Å². The first-order chi connectivity index (χ1) is 12.6. The average molecular weight is 401 g/mol. The van der Waals surface area contributed by atoms with Crippen LogP contribution in [0.5, 0.6) is 0 Å². The van der Waals surface area contributed by atoms with Crippen LogP contribution in [0.4, 0.5) is 18.9 Å². The minimum absolute atomic E-state index is 0.139. The summed E-state index contributed by atoms with van der Waals surface area (Å²) in [7, 11) is 1.71. The third kappa shape index (κ3) is 5.71. The average Bonchev–Trinajstić information content (AvgIpc) is 2.92. The zero-order chi connectivity index (χ0) is 20.2. The molecule has 2 amide bonds. The Morgan fingerprint density at radius 1 is 1.26 bits per heavy atom. The maximum atomic E-state index is 12.6. The van der Waals surface area contributed by atoms with Crippen LogP contribution in [0.25, 0.3) is 0 Å². The van der Waals surface area contributed by atoms with Gasteiger partial charge in [-0.1, -0.05) is 11.8 Å². The molecule has 11 heteroatoms. The molecule has 2 aromatic rings. The van der Waals surface area contributed by atoms with Crippen molar-refractivity contribution in [1.82, 2.24) is 14.8 Å². The highest BCUT2D eigenvalue weighted by Gasteiger charge is 2.30. The summed E-state index contributed by atoms with van der Waals surface area (Å²) in [6, 6.07) is 4.20. The molecule has 0 aliphatic rings. The van der Waals surface area contributed by atoms with Crippen LogP contribution in [0.3, 0.4) is 0 Å². The van der Waals surface area contributed by atoms with Gasteiger partial charge in [-0.3, -0.25) is 9.59 Å². The fourth-order valence-corrected chi connectivity index (χ4v) is 2.93. The van der Waals surface area contributed by atoms with Gasteiger partial charge in [0.05, 0.1) is 10.8 Å². The predicted octanol–water partition coefficient (Wildman–Crippen LogP) is 2.37. The van der Waals surface area contributed by atoms with Gasteiger partial charge in [0, 0.05) is 25.6 Å². The third-order valence-electron chi connectivity index (χ3n) is 3.65. The number of aromatic nitrogens is 3. The van der Waals surface area contributed by atoms with E-state index in [1.165, 1.54) is 12.1 Å². The number of carbonyl (C=O) groups is 2. The summed E-state index contributed by atoms with van der Waals surface area (Å²) >= 11 is 1.14. The van der Waals surface area contributed by atoms with E-state index in [1.54, 1.807) is 18.5 Å². The zero-order valence-corrected chi connectivity index (χ0v) is 15.4. The second-order valence-electron chi connectivity index (χ2n) is 5.75. The molecule has 1 atom stereocenters. The first-order valence-electron chi connectivity index (χ1n) is 7.89. The summed E-state index contributed by atoms with van der Waals surface area (Å²) in [5, 5.41) is 10.4. The van der Waals surface area contributed by atoms with Gasteiger partial charge in [-0.25, -0.2) is 0 Å². The maximum absolute atomic E-state index is 12.6. The lowest BCUT2D eigenvalue weighted by atomic mass is 10.2. The van der Waals surface area contributed by atoms with Crippen LogP contribution in [0.1, 0.15) is 24.7 Å². The Morgan fingerprint density at radius 3 is 2.44 bits per heavy atom. The van der Waals surface area contributed by atoms with Crippen molar-refractivity contribution in [1.29, 1.82) is 0 Å². The Morgan fingerprint density at radius 2 is 1.89 bits per heavy atom. The van der Waals surface area contributed by atoms with Crippen molar-refractivity contribution >= 4 is 29.3 Å². The molecule has 1 aromatic heterocycles. The van der Waals surface area contributed by atoms with Crippen molar-refractivity contribution in [3.8, 4) is 0 Å². The third-order valence-corrected chi connectivity index (χ3v) is 4.79. The lowest BCUT2D eigenvalue weighted by Crippen LogP contribution is -2.23. The Hall–Kier alpha value is -2.56. The monoisotopic (exact) mass is 401 g/mol. The van der Waals surface area contributed by atoms with E-state index in [-0.39, 0.29) is 18.0 Å². The van der Waals surface area contributed by atoms with Gasteiger partial charge in [0.1, 0.15) is 5.82 Å². The van der Waals surface area contributed by atoms with Crippen molar-refractivity contribution < 1.29 is 22.8 Å². The molecule has 2 rings (SSSR count). The Bertz CT molecular complexity index is 820. The minimum Gasteiger partial charge on any atom is -0.370 e. The van der Waals surface area contributed by atoms with Crippen LogP contribution in [-0.2, 0) is 29.2 Å². The molecular formula is C16H18F3N5O2S. The fourth-order valence-electron chi connectivity index (χ4n) is 2.10.